The number of methoxy groups -OCH3 is 2. The first-order chi connectivity index (χ1) is 26.6. The zero-order chi connectivity index (χ0) is 39.6. The van der Waals surface area contributed by atoms with E-state index < -0.39 is 0 Å². The van der Waals surface area contributed by atoms with E-state index in [4.69, 9.17) is 35.7 Å². The fraction of sp³-hybridized carbons (Fsp3) is 0.487. The summed E-state index contributed by atoms with van der Waals surface area (Å²) < 4.78 is 22.4. The molecular weight excluding hydrogens is 759 g/mol. The van der Waals surface area contributed by atoms with E-state index in [-0.39, 0.29) is 18.5 Å². The van der Waals surface area contributed by atoms with E-state index in [1.54, 1.807) is 14.2 Å². The predicted molar refractivity (Wildman–Crippen MR) is 228 cm³/mol. The quantitative estimate of drug-likeness (QED) is 0.0481. The molecule has 0 amide bonds. The van der Waals surface area contributed by atoms with Crippen LogP contribution in [-0.4, -0.2) is 116 Å². The van der Waals surface area contributed by atoms with Crippen molar-refractivity contribution in [1.82, 2.24) is 30.2 Å². The van der Waals surface area contributed by atoms with Crippen molar-refractivity contribution < 1.29 is 24.1 Å². The number of β-amino-alcohol motifs (C(OH)–C–C–N with tert-alkyl or cyclic N) is 1. The Bertz CT molecular complexity index is 1770. The molecule has 1 aliphatic heterocycles. The fourth-order valence-corrected chi connectivity index (χ4v) is 5.31. The topological polar surface area (TPSA) is 172 Å². The zero-order valence-electron chi connectivity index (χ0n) is 33.4. The molecule has 6 rings (SSSR count). The molecule has 1 saturated heterocycles. The minimum Gasteiger partial charge on any atom is -0.493 e. The Kier molecular flexibility index (Phi) is 19.8. The highest BCUT2D eigenvalue weighted by atomic mass is 35.5. The summed E-state index contributed by atoms with van der Waals surface area (Å²) in [6.45, 7) is 7.68. The van der Waals surface area contributed by atoms with Crippen LogP contribution in [0.15, 0.2) is 48.5 Å². The van der Waals surface area contributed by atoms with Gasteiger partial charge >= 0.3 is 0 Å². The molecule has 0 unspecified atom stereocenters. The number of aromatic nitrogens is 4. The molecule has 0 radical (unpaired) electrons. The van der Waals surface area contributed by atoms with Crippen molar-refractivity contribution in [2.45, 2.75) is 51.7 Å². The average molecular weight is 818 g/mol. The molecular formula is C39H58Cl2N10O5. The average Bonchev–Trinajstić information content (AvgIpc) is 4.02. The molecule has 0 bridgehead atoms. The lowest BCUT2D eigenvalue weighted by molar-refractivity contribution is 0.117. The Hall–Kier alpha value is -4.54. The number of rotatable bonds is 18. The molecule has 6 N–H and O–H groups in total. The van der Waals surface area contributed by atoms with Crippen molar-refractivity contribution in [3.05, 3.63) is 59.9 Å². The van der Waals surface area contributed by atoms with Gasteiger partial charge in [0.15, 0.2) is 23.0 Å². The third kappa shape index (κ3) is 15.5. The highest BCUT2D eigenvalue weighted by Crippen LogP contribution is 2.33. The predicted octanol–water partition coefficient (Wildman–Crippen LogP) is 6.40. The van der Waals surface area contributed by atoms with Crippen LogP contribution >= 0.6 is 24.0 Å². The lowest BCUT2D eigenvalue weighted by Crippen LogP contribution is -2.46. The third-order valence-electron chi connectivity index (χ3n) is 8.44. The van der Waals surface area contributed by atoms with Gasteiger partial charge in [0.25, 0.3) is 0 Å². The summed E-state index contributed by atoms with van der Waals surface area (Å²) >= 11 is 5.68. The SMILES string of the molecule is CNc1cc(C)nc(Nc2ccc(OC)c(OCCCCl)c2)n1.CNc1cc(C)nc(Nc2ccc(OC)c(OCCCN(C)C3CC3)c2)n1.Cl.OC1CNC1. The van der Waals surface area contributed by atoms with Crippen LogP contribution in [-0.2, 0) is 0 Å². The molecule has 2 fully saturated rings. The van der Waals surface area contributed by atoms with Crippen LogP contribution in [0, 0.1) is 13.8 Å². The van der Waals surface area contributed by atoms with E-state index in [9.17, 15) is 0 Å². The zero-order valence-corrected chi connectivity index (χ0v) is 35.0. The fourth-order valence-electron chi connectivity index (χ4n) is 5.20. The second-order valence-corrected chi connectivity index (χ2v) is 13.4. The van der Waals surface area contributed by atoms with Crippen LogP contribution in [0.25, 0.3) is 0 Å². The number of benzene rings is 2. The smallest absolute Gasteiger partial charge is 0.229 e. The number of aliphatic hydroxyl groups excluding tert-OH is 1. The Balaban J connectivity index is 0.000000265. The first-order valence-corrected chi connectivity index (χ1v) is 19.1. The Morgan fingerprint density at radius 1 is 0.750 bits per heavy atom. The lowest BCUT2D eigenvalue weighted by Gasteiger charge is -2.20. The molecule has 1 saturated carbocycles. The van der Waals surface area contributed by atoms with E-state index in [0.717, 1.165) is 84.4 Å². The van der Waals surface area contributed by atoms with Gasteiger partial charge < -0.3 is 55.5 Å². The number of hydrogen-bond acceptors (Lipinski definition) is 15. The van der Waals surface area contributed by atoms with Crippen molar-refractivity contribution >= 4 is 58.9 Å². The molecule has 308 valence electrons. The normalized spacial score (nSPS) is 13.0. The van der Waals surface area contributed by atoms with Gasteiger partial charge in [-0.1, -0.05) is 0 Å². The summed E-state index contributed by atoms with van der Waals surface area (Å²) in [5.41, 5.74) is 3.44. The summed E-state index contributed by atoms with van der Waals surface area (Å²) in [5.74, 6) is 5.92. The third-order valence-corrected chi connectivity index (χ3v) is 8.71. The minimum absolute atomic E-state index is 0. The summed E-state index contributed by atoms with van der Waals surface area (Å²) in [5, 5.41) is 23.8. The maximum absolute atomic E-state index is 8.39. The number of alkyl halides is 1. The molecule has 4 aromatic rings. The van der Waals surface area contributed by atoms with Crippen molar-refractivity contribution in [3.8, 4) is 23.0 Å². The van der Waals surface area contributed by atoms with Crippen LogP contribution in [0.4, 0.5) is 34.9 Å². The van der Waals surface area contributed by atoms with Gasteiger partial charge in [-0.25, -0.2) is 9.97 Å². The number of ether oxygens (including phenoxy) is 4. The molecule has 15 nitrogen and oxygen atoms in total. The van der Waals surface area contributed by atoms with E-state index in [0.29, 0.717) is 42.5 Å². The number of anilines is 6. The summed E-state index contributed by atoms with van der Waals surface area (Å²) in [4.78, 5) is 20.0. The molecule has 2 aromatic carbocycles. The first-order valence-electron chi connectivity index (χ1n) is 18.5. The molecule has 0 spiro atoms. The molecule has 2 aromatic heterocycles. The van der Waals surface area contributed by atoms with Gasteiger partial charge in [0.1, 0.15) is 11.6 Å². The van der Waals surface area contributed by atoms with E-state index in [2.05, 4.69) is 58.5 Å². The lowest BCUT2D eigenvalue weighted by atomic mass is 10.2. The number of halogens is 2. The standard InChI is InChI=1S/C20H29N5O2.C16H21ClN4O2.C3H7NO.ClH/c1-14-12-19(21-2)24-20(22-14)23-15-6-9-17(26-4)18(13-15)27-11-5-10-25(3)16-7-8-16;1-11-9-15(18-2)21-16(19-11)20-12-5-6-13(22-3)14(10-12)23-8-4-7-17;5-3-1-4-2-3;/h6,9,12-13,16H,5,7-8,10-11H2,1-4H3,(H2,21,22,23,24);5-6,9-10H,4,7-8H2,1-3H3,(H2,18,19,20,21);3-5H,1-2H2;1H. The number of hydrogen-bond donors (Lipinski definition) is 6. The second-order valence-electron chi connectivity index (χ2n) is 13.0. The van der Waals surface area contributed by atoms with Crippen molar-refractivity contribution in [2.24, 2.45) is 0 Å². The van der Waals surface area contributed by atoms with E-state index >= 15 is 0 Å². The van der Waals surface area contributed by atoms with Crippen molar-refractivity contribution in [2.75, 3.05) is 95.4 Å². The summed E-state index contributed by atoms with van der Waals surface area (Å²) in [6.07, 6.45) is 4.37. The van der Waals surface area contributed by atoms with Gasteiger partial charge in [-0.2, -0.15) is 9.97 Å². The second kappa shape index (κ2) is 24.2. The van der Waals surface area contributed by atoms with E-state index in [1.165, 1.54) is 12.8 Å². The van der Waals surface area contributed by atoms with Crippen LogP contribution in [0.5, 0.6) is 23.0 Å². The Morgan fingerprint density at radius 2 is 1.21 bits per heavy atom. The summed E-state index contributed by atoms with van der Waals surface area (Å²) in [7, 11) is 9.11. The Labute approximate surface area is 342 Å². The number of nitrogens with zero attached hydrogens (tertiary/aromatic N) is 5. The van der Waals surface area contributed by atoms with Crippen LogP contribution < -0.4 is 45.5 Å². The number of aryl methyl sites for hydroxylation is 2. The molecule has 2 aliphatic rings. The first kappa shape index (κ1) is 45.8. The molecule has 3 heterocycles. The van der Waals surface area contributed by atoms with Gasteiger partial charge in [0, 0.05) is 92.7 Å². The van der Waals surface area contributed by atoms with Gasteiger partial charge in [-0.3, -0.25) is 0 Å². The summed E-state index contributed by atoms with van der Waals surface area (Å²) in [6, 6.07) is 15.9. The molecule has 0 atom stereocenters. The van der Waals surface area contributed by atoms with Crippen LogP contribution in [0.1, 0.15) is 37.1 Å². The van der Waals surface area contributed by atoms with Gasteiger partial charge in [0.2, 0.25) is 11.9 Å². The van der Waals surface area contributed by atoms with Crippen molar-refractivity contribution in [1.29, 1.82) is 0 Å². The van der Waals surface area contributed by atoms with E-state index in [1.807, 2.05) is 76.5 Å². The number of nitrogens with one attached hydrogen (secondary N) is 5. The molecule has 56 heavy (non-hydrogen) atoms. The van der Waals surface area contributed by atoms with Crippen LogP contribution in [0.3, 0.4) is 0 Å². The van der Waals surface area contributed by atoms with Crippen LogP contribution in [0.2, 0.25) is 0 Å². The largest absolute Gasteiger partial charge is 0.493 e. The van der Waals surface area contributed by atoms with Gasteiger partial charge in [-0.05, 0) is 70.8 Å². The Morgan fingerprint density at radius 3 is 1.59 bits per heavy atom. The maximum Gasteiger partial charge on any atom is 0.229 e. The monoisotopic (exact) mass is 816 g/mol. The van der Waals surface area contributed by atoms with Gasteiger partial charge in [-0.15, -0.1) is 24.0 Å². The van der Waals surface area contributed by atoms with Crippen molar-refractivity contribution in [3.63, 3.8) is 0 Å². The maximum atomic E-state index is 8.39. The molecule has 17 heteroatoms. The number of aliphatic hydroxyl groups is 1. The molecule has 1 aliphatic carbocycles. The highest BCUT2D eigenvalue weighted by molar-refractivity contribution is 6.17. The van der Waals surface area contributed by atoms with Gasteiger partial charge in [0.05, 0.1) is 33.5 Å². The highest BCUT2D eigenvalue weighted by Gasteiger charge is 2.25. The minimum atomic E-state index is -0.0463.